The zero-order chi connectivity index (χ0) is 12.9. The van der Waals surface area contributed by atoms with Crippen molar-refractivity contribution in [2.75, 3.05) is 13.4 Å². The Kier molecular flexibility index (Phi) is 4.29. The number of ether oxygens (including phenoxy) is 1. The largest absolute Gasteiger partial charge is 0.501 e. The molecule has 6 nitrogen and oxygen atoms in total. The maximum absolute atomic E-state index is 10.8. The van der Waals surface area contributed by atoms with Gasteiger partial charge in [0.1, 0.15) is 5.76 Å². The van der Waals surface area contributed by atoms with E-state index in [2.05, 4.69) is 9.44 Å². The molecule has 0 N–H and O–H groups in total. The number of oxime groups is 1. The van der Waals surface area contributed by atoms with Crippen LogP contribution >= 0.6 is 0 Å². The second kappa shape index (κ2) is 5.50. The molecule has 0 bridgehead atoms. The van der Waals surface area contributed by atoms with Crippen molar-refractivity contribution in [1.82, 2.24) is 0 Å². The molecule has 0 atom stereocenters. The number of rotatable bonds is 4. The Hall–Kier alpha value is -1.81. The first kappa shape index (κ1) is 13.3. The molecule has 0 unspecified atom stereocenters. The third kappa shape index (κ3) is 4.28. The number of nitriles is 1. The van der Waals surface area contributed by atoms with E-state index < -0.39 is 10.1 Å². The lowest BCUT2D eigenvalue weighted by atomic mass is 9.99. The average Bonchev–Trinajstić information content (AvgIpc) is 2.27. The molecule has 0 heterocycles. The van der Waals surface area contributed by atoms with E-state index in [0.29, 0.717) is 23.5 Å². The van der Waals surface area contributed by atoms with Crippen LogP contribution in [0.3, 0.4) is 0 Å². The van der Waals surface area contributed by atoms with Crippen LogP contribution in [0.4, 0.5) is 0 Å². The minimum Gasteiger partial charge on any atom is -0.501 e. The topological polar surface area (TPSA) is 88.8 Å². The van der Waals surface area contributed by atoms with E-state index in [1.807, 2.05) is 6.07 Å². The molecule has 1 rings (SSSR count). The van der Waals surface area contributed by atoms with Crippen LogP contribution in [0.5, 0.6) is 0 Å². The zero-order valence-electron chi connectivity index (χ0n) is 9.50. The quantitative estimate of drug-likeness (QED) is 0.702. The number of allylic oxidation sites excluding steroid dienone is 4. The van der Waals surface area contributed by atoms with Gasteiger partial charge in [0.05, 0.1) is 38.0 Å². The van der Waals surface area contributed by atoms with Gasteiger partial charge in [0.25, 0.3) is 0 Å². The summed E-state index contributed by atoms with van der Waals surface area (Å²) in [5, 5.41) is 12.2. The van der Waals surface area contributed by atoms with Crippen LogP contribution in [-0.2, 0) is 19.1 Å². The van der Waals surface area contributed by atoms with Crippen LogP contribution in [0.15, 0.2) is 28.6 Å². The highest BCUT2D eigenvalue weighted by Gasteiger charge is 2.16. The first-order chi connectivity index (χ1) is 7.96. The van der Waals surface area contributed by atoms with E-state index in [4.69, 9.17) is 10.00 Å². The molecular weight excluding hydrogens is 244 g/mol. The normalized spacial score (nSPS) is 18.1. The molecule has 0 aromatic rings. The molecule has 92 valence electrons. The summed E-state index contributed by atoms with van der Waals surface area (Å²) >= 11 is 0. The molecular formula is C10H12N2O4S. The summed E-state index contributed by atoms with van der Waals surface area (Å²) in [4.78, 5) is 0. The van der Waals surface area contributed by atoms with Crippen molar-refractivity contribution in [3.8, 4) is 6.07 Å². The first-order valence-corrected chi connectivity index (χ1v) is 6.54. The second-order valence-electron chi connectivity index (χ2n) is 3.36. The smallest absolute Gasteiger partial charge is 0.325 e. The van der Waals surface area contributed by atoms with Crippen LogP contribution < -0.4 is 0 Å². The van der Waals surface area contributed by atoms with Gasteiger partial charge >= 0.3 is 10.1 Å². The van der Waals surface area contributed by atoms with Gasteiger partial charge in [-0.1, -0.05) is 11.2 Å². The van der Waals surface area contributed by atoms with Crippen LogP contribution in [0, 0.1) is 11.3 Å². The summed E-state index contributed by atoms with van der Waals surface area (Å²) in [6.45, 7) is 0. The maximum atomic E-state index is 10.8. The summed E-state index contributed by atoms with van der Waals surface area (Å²) in [5.74, 6) is 0.627. The van der Waals surface area contributed by atoms with Crippen LogP contribution in [0.1, 0.15) is 12.8 Å². The molecule has 0 aromatic carbocycles. The molecule has 0 spiro atoms. The minimum absolute atomic E-state index is 0.138. The Bertz CT molecular complexity index is 523. The Morgan fingerprint density at radius 2 is 2.24 bits per heavy atom. The molecule has 0 radical (unpaired) electrons. The molecule has 1 aliphatic carbocycles. The van der Waals surface area contributed by atoms with E-state index in [0.717, 1.165) is 6.26 Å². The third-order valence-corrected chi connectivity index (χ3v) is 2.34. The van der Waals surface area contributed by atoms with E-state index in [9.17, 15) is 8.42 Å². The zero-order valence-corrected chi connectivity index (χ0v) is 10.3. The van der Waals surface area contributed by atoms with Gasteiger partial charge < -0.3 is 4.74 Å². The van der Waals surface area contributed by atoms with Gasteiger partial charge in [-0.15, -0.1) is 0 Å². The molecule has 0 amide bonds. The van der Waals surface area contributed by atoms with Gasteiger partial charge in [-0.25, -0.2) is 0 Å². The molecule has 17 heavy (non-hydrogen) atoms. The first-order valence-electron chi connectivity index (χ1n) is 4.73. The van der Waals surface area contributed by atoms with Crippen molar-refractivity contribution in [3.05, 3.63) is 23.5 Å². The lowest BCUT2D eigenvalue weighted by Crippen LogP contribution is -2.11. The molecule has 7 heteroatoms. The van der Waals surface area contributed by atoms with Crippen molar-refractivity contribution in [2.45, 2.75) is 12.8 Å². The Labute approximate surface area is 99.9 Å². The van der Waals surface area contributed by atoms with Crippen molar-refractivity contribution in [3.63, 3.8) is 0 Å². The van der Waals surface area contributed by atoms with Crippen molar-refractivity contribution in [1.29, 1.82) is 5.26 Å². The van der Waals surface area contributed by atoms with E-state index in [-0.39, 0.29) is 6.42 Å². The van der Waals surface area contributed by atoms with Crippen LogP contribution in [0.2, 0.25) is 0 Å². The van der Waals surface area contributed by atoms with Gasteiger partial charge in [-0.3, -0.25) is 4.28 Å². The lowest BCUT2D eigenvalue weighted by Gasteiger charge is -2.13. The van der Waals surface area contributed by atoms with Crippen LogP contribution in [-0.4, -0.2) is 27.5 Å². The Morgan fingerprint density at radius 1 is 1.53 bits per heavy atom. The van der Waals surface area contributed by atoms with Gasteiger partial charge in [-0.05, 0) is 11.6 Å². The second-order valence-corrected chi connectivity index (χ2v) is 4.91. The fourth-order valence-corrected chi connectivity index (χ4v) is 1.44. The van der Waals surface area contributed by atoms with Gasteiger partial charge in [-0.2, -0.15) is 13.7 Å². The maximum Gasteiger partial charge on any atom is 0.325 e. The summed E-state index contributed by atoms with van der Waals surface area (Å²) in [6, 6.07) is 1.97. The third-order valence-electron chi connectivity index (χ3n) is 2.00. The summed E-state index contributed by atoms with van der Waals surface area (Å²) in [7, 11) is -2.14. The standard InChI is InChI=1S/C10H12N2O4S/c1-15-9-4-3-8(5-6-11)10(7-9)12-16-17(2,13)14/h3-4H,5,7H2,1-2H3. The van der Waals surface area contributed by atoms with Crippen LogP contribution in [0.25, 0.3) is 0 Å². The highest BCUT2D eigenvalue weighted by Crippen LogP contribution is 2.19. The number of hydrogen-bond acceptors (Lipinski definition) is 6. The van der Waals surface area contributed by atoms with Gasteiger partial charge in [0.15, 0.2) is 0 Å². The lowest BCUT2D eigenvalue weighted by molar-refractivity contribution is 0.284. The predicted molar refractivity (Wildman–Crippen MR) is 61.4 cm³/mol. The fraction of sp³-hybridized carbons (Fsp3) is 0.400. The molecule has 0 saturated heterocycles. The van der Waals surface area contributed by atoms with E-state index in [1.165, 1.54) is 7.11 Å². The summed E-state index contributed by atoms with van der Waals surface area (Å²) in [5.41, 5.74) is 1.01. The van der Waals surface area contributed by atoms with Gasteiger partial charge in [0.2, 0.25) is 0 Å². The number of nitrogens with zero attached hydrogens (tertiary/aromatic N) is 2. The Balaban J connectivity index is 2.94. The van der Waals surface area contributed by atoms with Crippen molar-refractivity contribution < 1.29 is 17.4 Å². The highest BCUT2D eigenvalue weighted by molar-refractivity contribution is 7.85. The average molecular weight is 256 g/mol. The monoisotopic (exact) mass is 256 g/mol. The summed E-state index contributed by atoms with van der Waals surface area (Å²) in [6.07, 6.45) is 4.72. The molecule has 0 aliphatic heterocycles. The fourth-order valence-electron chi connectivity index (χ4n) is 1.22. The molecule has 0 fully saturated rings. The van der Waals surface area contributed by atoms with E-state index >= 15 is 0 Å². The Morgan fingerprint density at radius 3 is 2.76 bits per heavy atom. The number of methoxy groups -OCH3 is 1. The van der Waals surface area contributed by atoms with Crippen molar-refractivity contribution in [2.24, 2.45) is 5.16 Å². The molecule has 1 aliphatic rings. The van der Waals surface area contributed by atoms with Gasteiger partial charge in [0, 0.05) is 0 Å². The molecule has 0 saturated carbocycles. The highest BCUT2D eigenvalue weighted by atomic mass is 32.2. The summed E-state index contributed by atoms with van der Waals surface area (Å²) < 4.78 is 31.1. The van der Waals surface area contributed by atoms with E-state index in [1.54, 1.807) is 12.2 Å². The number of hydrogen-bond donors (Lipinski definition) is 0. The predicted octanol–water partition coefficient (Wildman–Crippen LogP) is 1.09. The van der Waals surface area contributed by atoms with Crippen molar-refractivity contribution >= 4 is 15.8 Å². The minimum atomic E-state index is -3.64. The molecule has 0 aromatic heterocycles. The SMILES string of the molecule is COC1=CC=C(CC#N)C(=NOS(C)(=O)=O)C1.